The van der Waals surface area contributed by atoms with Crippen molar-refractivity contribution in [2.45, 2.75) is 19.8 Å². The van der Waals surface area contributed by atoms with Gasteiger partial charge in [0.2, 0.25) is 0 Å². The van der Waals surface area contributed by atoms with Crippen LogP contribution in [-0.4, -0.2) is 24.3 Å². The molecule has 1 rings (SSSR count). The third-order valence-corrected chi connectivity index (χ3v) is 2.87. The average Bonchev–Trinajstić information content (AvgIpc) is 2.26. The number of carbonyl (C=O) groups excluding carboxylic acids is 1. The number of hydrogen-bond donors (Lipinski definition) is 1. The smallest absolute Gasteiger partial charge is 0.310 e. The van der Waals surface area contributed by atoms with E-state index in [0.717, 1.165) is 5.56 Å². The number of esters is 1. The Hall–Kier alpha value is -0.940. The Bertz CT molecular complexity index is 407. The lowest BCUT2D eigenvalue weighted by Gasteiger charge is -2.09. The molecule has 0 saturated heterocycles. The largest absolute Gasteiger partial charge is 0.466 e. The van der Waals surface area contributed by atoms with Crippen molar-refractivity contribution in [1.29, 1.82) is 0 Å². The molecule has 94 valence electrons. The van der Waals surface area contributed by atoms with Crippen LogP contribution in [0, 0.1) is 5.82 Å². The van der Waals surface area contributed by atoms with Crippen molar-refractivity contribution in [2.24, 2.45) is 0 Å². The SMILES string of the molecule is CCOC(=O)Cc1cc(F)c(Br)cc1CCO. The van der Waals surface area contributed by atoms with Crippen LogP contribution in [0.1, 0.15) is 18.1 Å². The Labute approximate surface area is 108 Å². The van der Waals surface area contributed by atoms with Gasteiger partial charge in [-0.15, -0.1) is 0 Å². The van der Waals surface area contributed by atoms with Crippen LogP contribution in [0.4, 0.5) is 4.39 Å². The minimum Gasteiger partial charge on any atom is -0.466 e. The van der Waals surface area contributed by atoms with Gasteiger partial charge in [0.15, 0.2) is 0 Å². The van der Waals surface area contributed by atoms with Gasteiger partial charge in [-0.25, -0.2) is 4.39 Å². The number of aliphatic hydroxyl groups excluding tert-OH is 1. The standard InChI is InChI=1S/C12H14BrFO3/c1-2-17-12(16)7-9-6-11(14)10(13)5-8(9)3-4-15/h5-6,15H,2-4,7H2,1H3. The summed E-state index contributed by atoms with van der Waals surface area (Å²) in [5.41, 5.74) is 1.30. The summed E-state index contributed by atoms with van der Waals surface area (Å²) in [6.45, 7) is 1.97. The first-order valence-corrected chi connectivity index (χ1v) is 6.11. The second kappa shape index (κ2) is 6.71. The van der Waals surface area contributed by atoms with Crippen molar-refractivity contribution in [3.8, 4) is 0 Å². The average molecular weight is 305 g/mol. The first-order valence-electron chi connectivity index (χ1n) is 5.31. The maximum absolute atomic E-state index is 13.4. The lowest BCUT2D eigenvalue weighted by atomic mass is 10.0. The molecular weight excluding hydrogens is 291 g/mol. The molecule has 1 N–H and O–H groups in total. The molecule has 1 aromatic rings. The van der Waals surface area contributed by atoms with Crippen molar-refractivity contribution >= 4 is 21.9 Å². The lowest BCUT2D eigenvalue weighted by Crippen LogP contribution is -2.10. The molecule has 0 bridgehead atoms. The van der Waals surface area contributed by atoms with Gasteiger partial charge in [0.1, 0.15) is 5.82 Å². The highest BCUT2D eigenvalue weighted by molar-refractivity contribution is 9.10. The van der Waals surface area contributed by atoms with Gasteiger partial charge < -0.3 is 9.84 Å². The molecule has 0 fully saturated rings. The van der Waals surface area contributed by atoms with E-state index in [1.54, 1.807) is 13.0 Å². The van der Waals surface area contributed by atoms with Gasteiger partial charge in [-0.1, -0.05) is 0 Å². The molecule has 0 amide bonds. The van der Waals surface area contributed by atoms with Crippen LogP contribution in [0.5, 0.6) is 0 Å². The van der Waals surface area contributed by atoms with Crippen LogP contribution in [0.25, 0.3) is 0 Å². The molecule has 0 aliphatic heterocycles. The van der Waals surface area contributed by atoms with Gasteiger partial charge in [0, 0.05) is 6.61 Å². The highest BCUT2D eigenvalue weighted by atomic mass is 79.9. The number of rotatable bonds is 5. The van der Waals surface area contributed by atoms with E-state index in [1.807, 2.05) is 0 Å². The van der Waals surface area contributed by atoms with E-state index in [1.165, 1.54) is 6.07 Å². The van der Waals surface area contributed by atoms with E-state index >= 15 is 0 Å². The zero-order valence-electron chi connectivity index (χ0n) is 9.50. The number of halogens is 2. The fraction of sp³-hybridized carbons (Fsp3) is 0.417. The van der Waals surface area contributed by atoms with Crippen molar-refractivity contribution in [2.75, 3.05) is 13.2 Å². The summed E-state index contributed by atoms with van der Waals surface area (Å²) in [5.74, 6) is -0.820. The molecule has 0 unspecified atom stereocenters. The lowest BCUT2D eigenvalue weighted by molar-refractivity contribution is -0.142. The van der Waals surface area contributed by atoms with Gasteiger partial charge >= 0.3 is 5.97 Å². The zero-order valence-corrected chi connectivity index (χ0v) is 11.1. The highest BCUT2D eigenvalue weighted by Crippen LogP contribution is 2.22. The summed E-state index contributed by atoms with van der Waals surface area (Å²) in [6, 6.07) is 2.88. The molecule has 5 heteroatoms. The Balaban J connectivity index is 2.95. The molecular formula is C12H14BrFO3. The fourth-order valence-electron chi connectivity index (χ4n) is 1.51. The summed E-state index contributed by atoms with van der Waals surface area (Å²) in [5, 5.41) is 8.92. The van der Waals surface area contributed by atoms with Gasteiger partial charge in [0.05, 0.1) is 17.5 Å². The molecule has 0 aromatic heterocycles. The molecule has 17 heavy (non-hydrogen) atoms. The second-order valence-corrected chi connectivity index (χ2v) is 4.34. The number of benzene rings is 1. The summed E-state index contributed by atoms with van der Waals surface area (Å²) in [4.78, 5) is 11.3. The van der Waals surface area contributed by atoms with Crippen LogP contribution in [-0.2, 0) is 22.4 Å². The molecule has 0 aliphatic rings. The Morgan fingerprint density at radius 1 is 1.47 bits per heavy atom. The van der Waals surface area contributed by atoms with Gasteiger partial charge in [-0.05, 0) is 52.5 Å². The van der Waals surface area contributed by atoms with Crippen molar-refractivity contribution in [3.63, 3.8) is 0 Å². The summed E-state index contributed by atoms with van der Waals surface area (Å²) in [7, 11) is 0. The predicted octanol–water partition coefficient (Wildman–Crippen LogP) is 2.23. The number of aliphatic hydroxyl groups is 1. The molecule has 0 saturated carbocycles. The summed E-state index contributed by atoms with van der Waals surface area (Å²) >= 11 is 3.07. The first kappa shape index (κ1) is 14.1. The van der Waals surface area contributed by atoms with Crippen LogP contribution < -0.4 is 0 Å². The van der Waals surface area contributed by atoms with Crippen LogP contribution in [0.2, 0.25) is 0 Å². The predicted molar refractivity (Wildman–Crippen MR) is 65.2 cm³/mol. The van der Waals surface area contributed by atoms with E-state index in [2.05, 4.69) is 15.9 Å². The molecule has 0 radical (unpaired) electrons. The van der Waals surface area contributed by atoms with Crippen molar-refractivity contribution in [1.82, 2.24) is 0 Å². The number of ether oxygens (including phenoxy) is 1. The van der Waals surface area contributed by atoms with E-state index < -0.39 is 11.8 Å². The van der Waals surface area contributed by atoms with Gasteiger partial charge in [-0.3, -0.25) is 4.79 Å². The van der Waals surface area contributed by atoms with Gasteiger partial charge in [0.25, 0.3) is 0 Å². The summed E-state index contributed by atoms with van der Waals surface area (Å²) in [6.07, 6.45) is 0.404. The van der Waals surface area contributed by atoms with Crippen molar-refractivity contribution < 1.29 is 19.0 Å². The molecule has 0 spiro atoms. The topological polar surface area (TPSA) is 46.5 Å². The molecule has 3 nitrogen and oxygen atoms in total. The van der Waals surface area contributed by atoms with E-state index in [4.69, 9.17) is 9.84 Å². The van der Waals surface area contributed by atoms with Crippen LogP contribution in [0.15, 0.2) is 16.6 Å². The van der Waals surface area contributed by atoms with Crippen LogP contribution >= 0.6 is 15.9 Å². The number of carbonyl (C=O) groups is 1. The number of hydrogen-bond acceptors (Lipinski definition) is 3. The summed E-state index contributed by atoms with van der Waals surface area (Å²) < 4.78 is 18.5. The molecule has 0 heterocycles. The second-order valence-electron chi connectivity index (χ2n) is 3.49. The van der Waals surface area contributed by atoms with E-state index in [9.17, 15) is 9.18 Å². The Morgan fingerprint density at radius 3 is 2.76 bits per heavy atom. The Kier molecular flexibility index (Phi) is 5.58. The quantitative estimate of drug-likeness (QED) is 0.849. The van der Waals surface area contributed by atoms with Gasteiger partial charge in [-0.2, -0.15) is 0 Å². The van der Waals surface area contributed by atoms with Crippen molar-refractivity contribution in [3.05, 3.63) is 33.5 Å². The third kappa shape index (κ3) is 4.09. The van der Waals surface area contributed by atoms with E-state index in [-0.39, 0.29) is 13.0 Å². The first-order chi connectivity index (χ1) is 8.08. The van der Waals surface area contributed by atoms with Crippen LogP contribution in [0.3, 0.4) is 0 Å². The zero-order chi connectivity index (χ0) is 12.8. The minimum absolute atomic E-state index is 0.0212. The monoisotopic (exact) mass is 304 g/mol. The van der Waals surface area contributed by atoms with E-state index in [0.29, 0.717) is 23.1 Å². The Morgan fingerprint density at radius 2 is 2.18 bits per heavy atom. The molecule has 0 aliphatic carbocycles. The third-order valence-electron chi connectivity index (χ3n) is 2.26. The minimum atomic E-state index is -0.425. The normalized spacial score (nSPS) is 10.4. The highest BCUT2D eigenvalue weighted by Gasteiger charge is 2.12. The maximum Gasteiger partial charge on any atom is 0.310 e. The molecule has 1 aromatic carbocycles. The molecule has 0 atom stereocenters. The fourth-order valence-corrected chi connectivity index (χ4v) is 1.91. The maximum atomic E-state index is 13.4.